The quantitative estimate of drug-likeness (QED) is 0.0726. The number of imide groups is 2. The number of unbranched alkanes of at least 4 members (excludes halogenated alkanes) is 3. The SMILES string of the molecule is CC(C)(O)C#Cc1cccc(COc2cc(-c3cnc(C4CCN(C(=O)C5CCN(C(=O)CCCCCCOc6cccc7c6C(=O)N(C6CCC(=O)NC6=O)C7=O)CC5)CC4)s3)cnc2N)c1. The molecule has 6 amide bonds. The lowest BCUT2D eigenvalue weighted by molar-refractivity contribution is -0.141. The number of aromatic nitrogens is 2. The summed E-state index contributed by atoms with van der Waals surface area (Å²) >= 11 is 1.62. The first-order valence-corrected chi connectivity index (χ1v) is 24.3. The molecule has 4 aliphatic heterocycles. The fourth-order valence-corrected chi connectivity index (χ4v) is 10.2. The normalized spacial score (nSPS) is 18.0. The third-order valence-corrected chi connectivity index (χ3v) is 14.1. The van der Waals surface area contributed by atoms with E-state index in [0.29, 0.717) is 70.0 Å². The second kappa shape index (κ2) is 21.1. The molecule has 1 unspecified atom stereocenters. The molecule has 356 valence electrons. The van der Waals surface area contributed by atoms with Gasteiger partial charge in [0.15, 0.2) is 11.6 Å². The average Bonchev–Trinajstić information content (AvgIpc) is 3.93. The number of anilines is 1. The van der Waals surface area contributed by atoms with E-state index < -0.39 is 35.3 Å². The number of nitrogen functional groups attached to an aromatic ring is 1. The Bertz CT molecular complexity index is 2630. The van der Waals surface area contributed by atoms with E-state index in [2.05, 4.69) is 22.1 Å². The first-order chi connectivity index (χ1) is 32.7. The Labute approximate surface area is 399 Å². The number of hydrogen-bond donors (Lipinski definition) is 3. The predicted octanol–water partition coefficient (Wildman–Crippen LogP) is 5.86. The van der Waals surface area contributed by atoms with Gasteiger partial charge in [-0.3, -0.25) is 39.0 Å². The van der Waals surface area contributed by atoms with Crippen LogP contribution in [-0.2, 0) is 25.8 Å². The van der Waals surface area contributed by atoms with E-state index in [0.717, 1.165) is 63.6 Å². The number of pyridine rings is 1. The topological polar surface area (TPSA) is 215 Å². The monoisotopic (exact) mass is 943 g/mol. The Kier molecular flexibility index (Phi) is 14.9. The number of amides is 6. The van der Waals surface area contributed by atoms with Gasteiger partial charge < -0.3 is 30.1 Å². The Balaban J connectivity index is 0.719. The Morgan fingerprint density at radius 2 is 1.62 bits per heavy atom. The summed E-state index contributed by atoms with van der Waals surface area (Å²) < 4.78 is 12.0. The van der Waals surface area contributed by atoms with E-state index in [-0.39, 0.29) is 60.0 Å². The smallest absolute Gasteiger partial charge is 0.266 e. The molecule has 1 atom stereocenters. The Morgan fingerprint density at radius 3 is 2.38 bits per heavy atom. The zero-order valence-corrected chi connectivity index (χ0v) is 39.3. The van der Waals surface area contributed by atoms with E-state index in [4.69, 9.17) is 20.2 Å². The van der Waals surface area contributed by atoms with Crippen molar-refractivity contribution >= 4 is 52.6 Å². The number of carbonyl (C=O) groups excluding carboxylic acids is 6. The van der Waals surface area contributed by atoms with Gasteiger partial charge in [0, 0.05) is 74.4 Å². The van der Waals surface area contributed by atoms with Crippen LogP contribution in [0.15, 0.2) is 60.9 Å². The van der Waals surface area contributed by atoms with Crippen LogP contribution in [0.1, 0.15) is 127 Å². The van der Waals surface area contributed by atoms with Crippen molar-refractivity contribution < 1.29 is 43.3 Å². The van der Waals surface area contributed by atoms with Gasteiger partial charge >= 0.3 is 0 Å². The van der Waals surface area contributed by atoms with Crippen LogP contribution in [0.3, 0.4) is 0 Å². The minimum atomic E-state index is -1.09. The number of rotatable bonds is 15. The molecule has 0 radical (unpaired) electrons. The second-order valence-corrected chi connectivity index (χ2v) is 19.4. The first-order valence-electron chi connectivity index (χ1n) is 23.5. The lowest BCUT2D eigenvalue weighted by Gasteiger charge is -2.37. The summed E-state index contributed by atoms with van der Waals surface area (Å²) in [4.78, 5) is 92.1. The highest BCUT2D eigenvalue weighted by Crippen LogP contribution is 2.38. The summed E-state index contributed by atoms with van der Waals surface area (Å²) in [7, 11) is 0. The molecule has 4 N–H and O–H groups in total. The Hall–Kier alpha value is -6.64. The molecule has 16 nitrogen and oxygen atoms in total. The summed E-state index contributed by atoms with van der Waals surface area (Å²) in [5, 5.41) is 13.2. The number of nitrogens with one attached hydrogen (secondary N) is 1. The molecular weight excluding hydrogens is 887 g/mol. The van der Waals surface area contributed by atoms with Gasteiger partial charge in [0.1, 0.15) is 24.0 Å². The molecule has 4 aliphatic rings. The van der Waals surface area contributed by atoms with Crippen molar-refractivity contribution in [2.45, 2.75) is 109 Å². The lowest BCUT2D eigenvalue weighted by Crippen LogP contribution is -2.54. The number of ether oxygens (including phenoxy) is 2. The predicted molar refractivity (Wildman–Crippen MR) is 253 cm³/mol. The molecule has 4 aromatic rings. The van der Waals surface area contributed by atoms with Crippen LogP contribution in [0, 0.1) is 17.8 Å². The number of thiazole rings is 1. The highest BCUT2D eigenvalue weighted by molar-refractivity contribution is 7.15. The van der Waals surface area contributed by atoms with Gasteiger partial charge in [0.25, 0.3) is 11.8 Å². The van der Waals surface area contributed by atoms with Gasteiger partial charge in [-0.25, -0.2) is 9.97 Å². The van der Waals surface area contributed by atoms with Crippen molar-refractivity contribution in [3.8, 4) is 33.8 Å². The van der Waals surface area contributed by atoms with Crippen LogP contribution in [0.4, 0.5) is 5.82 Å². The maximum atomic E-state index is 13.6. The number of likely N-dealkylation sites (tertiary alicyclic amines) is 2. The molecule has 0 bridgehead atoms. The average molecular weight is 944 g/mol. The number of fused-ring (bicyclic) bond motifs is 1. The van der Waals surface area contributed by atoms with E-state index in [1.165, 1.54) is 6.07 Å². The second-order valence-electron chi connectivity index (χ2n) is 18.4. The molecule has 0 aliphatic carbocycles. The fraction of sp³-hybridized carbons (Fsp3) is 0.451. The van der Waals surface area contributed by atoms with Crippen molar-refractivity contribution in [1.29, 1.82) is 0 Å². The summed E-state index contributed by atoms with van der Waals surface area (Å²) in [5.74, 6) is 5.04. The van der Waals surface area contributed by atoms with Crippen molar-refractivity contribution in [3.05, 3.63) is 88.2 Å². The van der Waals surface area contributed by atoms with Crippen molar-refractivity contribution in [3.63, 3.8) is 0 Å². The fourth-order valence-electron chi connectivity index (χ4n) is 9.10. The number of nitrogens with zero attached hydrogens (tertiary/aromatic N) is 5. The van der Waals surface area contributed by atoms with Gasteiger partial charge in [0.2, 0.25) is 23.6 Å². The molecule has 2 aromatic carbocycles. The largest absolute Gasteiger partial charge is 0.493 e. The minimum absolute atomic E-state index is 0.0481. The lowest BCUT2D eigenvalue weighted by atomic mass is 9.92. The van der Waals surface area contributed by atoms with Crippen LogP contribution in [-0.4, -0.2) is 110 Å². The Morgan fingerprint density at radius 1 is 0.868 bits per heavy atom. The van der Waals surface area contributed by atoms with Gasteiger partial charge in [-0.2, -0.15) is 0 Å². The molecule has 3 fully saturated rings. The standard InChI is InChI=1S/C51H57N7O9S/c1-51(2,65)21-16-32-9-7-10-33(27-32)31-67-40-28-36(29-53-45(40)52)41-30-54-47(68-41)34-17-24-57(25-18-34)48(62)35-19-22-56(23-20-35)43(60)13-5-3-4-6-26-66-39-12-8-11-37-44(39)50(64)58(49(37)63)38-14-15-42(59)55-46(38)61/h7-12,27-30,34-35,38,65H,3-6,13-15,17-20,22-26,31H2,1-2H3,(H2,52,53)(H,55,59,61). The molecule has 8 rings (SSSR count). The number of hydrogen-bond acceptors (Lipinski definition) is 13. The number of nitrogens with two attached hydrogens (primary N) is 1. The van der Waals surface area contributed by atoms with Gasteiger partial charge in [-0.05, 0) is 94.7 Å². The third-order valence-electron chi connectivity index (χ3n) is 12.8. The maximum Gasteiger partial charge on any atom is 0.266 e. The van der Waals surface area contributed by atoms with Crippen LogP contribution in [0.2, 0.25) is 0 Å². The highest BCUT2D eigenvalue weighted by atomic mass is 32.1. The van der Waals surface area contributed by atoms with E-state index >= 15 is 0 Å². The summed E-state index contributed by atoms with van der Waals surface area (Å²) in [6.07, 6.45) is 10.2. The summed E-state index contributed by atoms with van der Waals surface area (Å²) in [5.41, 5.74) is 7.97. The highest BCUT2D eigenvalue weighted by Gasteiger charge is 2.46. The van der Waals surface area contributed by atoms with E-state index in [9.17, 15) is 33.9 Å². The van der Waals surface area contributed by atoms with Crippen molar-refractivity contribution in [2.24, 2.45) is 5.92 Å². The molecule has 0 saturated carbocycles. The van der Waals surface area contributed by atoms with Crippen LogP contribution < -0.4 is 20.5 Å². The molecule has 0 spiro atoms. The van der Waals surface area contributed by atoms with Gasteiger partial charge in [-0.1, -0.05) is 42.9 Å². The number of carbonyl (C=O) groups is 6. The van der Waals surface area contributed by atoms with Gasteiger partial charge in [0.05, 0.1) is 27.6 Å². The van der Waals surface area contributed by atoms with Crippen LogP contribution in [0.25, 0.3) is 10.4 Å². The summed E-state index contributed by atoms with van der Waals surface area (Å²) in [6, 6.07) is 13.3. The molecule has 17 heteroatoms. The number of benzene rings is 2. The third kappa shape index (κ3) is 11.4. The van der Waals surface area contributed by atoms with Crippen molar-refractivity contribution in [1.82, 2.24) is 30.0 Å². The van der Waals surface area contributed by atoms with Crippen LogP contribution >= 0.6 is 11.3 Å². The zero-order chi connectivity index (χ0) is 48.0. The molecular formula is C51H57N7O9S. The minimum Gasteiger partial charge on any atom is -0.493 e. The first kappa shape index (κ1) is 47.8. The number of piperidine rings is 3. The molecule has 68 heavy (non-hydrogen) atoms. The summed E-state index contributed by atoms with van der Waals surface area (Å²) in [6.45, 7) is 6.36. The molecule has 3 saturated heterocycles. The number of aliphatic hydroxyl groups is 1. The van der Waals surface area contributed by atoms with E-state index in [1.54, 1.807) is 43.5 Å². The van der Waals surface area contributed by atoms with Crippen LogP contribution in [0.5, 0.6) is 11.5 Å². The van der Waals surface area contributed by atoms with E-state index in [1.807, 2.05) is 46.3 Å². The van der Waals surface area contributed by atoms with Crippen molar-refractivity contribution in [2.75, 3.05) is 38.5 Å². The zero-order valence-electron chi connectivity index (χ0n) is 38.5. The van der Waals surface area contributed by atoms with Gasteiger partial charge in [-0.15, -0.1) is 11.3 Å². The molecule has 2 aromatic heterocycles. The molecule has 6 heterocycles. The maximum absolute atomic E-state index is 13.6.